The zero-order valence-corrected chi connectivity index (χ0v) is 13.6. The molecule has 2 unspecified atom stereocenters. The predicted molar refractivity (Wildman–Crippen MR) is 79.1 cm³/mol. The van der Waals surface area contributed by atoms with E-state index in [1.807, 2.05) is 0 Å². The molecule has 1 saturated heterocycles. The average Bonchev–Trinajstić information content (AvgIpc) is 3.18. The number of carbonyl (C=O) groups excluding carboxylic acids is 2. The van der Waals surface area contributed by atoms with E-state index < -0.39 is 17.4 Å². The molecule has 0 amide bonds. The van der Waals surface area contributed by atoms with Crippen LogP contribution < -0.4 is 0 Å². The second-order valence-corrected chi connectivity index (χ2v) is 6.88. The third kappa shape index (κ3) is 2.25. The fourth-order valence-electron chi connectivity index (χ4n) is 4.83. The molecule has 3 aliphatic rings. The topological polar surface area (TPSA) is 61.8 Å². The number of hydrogen-bond donors (Lipinski definition) is 0. The first-order valence-corrected chi connectivity index (χ1v) is 8.56. The minimum Gasteiger partial charge on any atom is -0.465 e. The van der Waals surface area contributed by atoms with E-state index in [2.05, 4.69) is 0 Å². The molecule has 0 bridgehead atoms. The lowest BCUT2D eigenvalue weighted by Crippen LogP contribution is -2.42. The van der Waals surface area contributed by atoms with Crippen molar-refractivity contribution in [1.29, 1.82) is 0 Å². The van der Waals surface area contributed by atoms with Crippen molar-refractivity contribution >= 4 is 11.9 Å². The van der Waals surface area contributed by atoms with Gasteiger partial charge in [0.15, 0.2) is 5.41 Å². The van der Waals surface area contributed by atoms with Gasteiger partial charge in [0.05, 0.1) is 25.4 Å². The van der Waals surface area contributed by atoms with E-state index in [0.717, 1.165) is 12.8 Å². The van der Waals surface area contributed by atoms with Crippen molar-refractivity contribution in [3.8, 4) is 0 Å². The van der Waals surface area contributed by atoms with Crippen molar-refractivity contribution in [3.63, 3.8) is 0 Å². The number of ether oxygens (including phenoxy) is 3. The molecule has 0 aromatic heterocycles. The van der Waals surface area contributed by atoms with E-state index in [1.54, 1.807) is 13.8 Å². The van der Waals surface area contributed by atoms with Gasteiger partial charge in [0, 0.05) is 0 Å². The lowest BCUT2D eigenvalue weighted by molar-refractivity contribution is -0.173. The van der Waals surface area contributed by atoms with Crippen LogP contribution in [0.3, 0.4) is 0 Å². The second-order valence-electron chi connectivity index (χ2n) is 6.88. The molecular formula is C17H26O5. The van der Waals surface area contributed by atoms with Crippen LogP contribution in [0.15, 0.2) is 0 Å². The van der Waals surface area contributed by atoms with Gasteiger partial charge in [0.1, 0.15) is 0 Å². The van der Waals surface area contributed by atoms with Crippen LogP contribution in [-0.4, -0.2) is 37.4 Å². The molecule has 5 heteroatoms. The minimum absolute atomic E-state index is 0.106. The summed E-state index contributed by atoms with van der Waals surface area (Å²) in [5.74, 6) is -0.261. The Hall–Kier alpha value is -1.10. The maximum absolute atomic E-state index is 12.6. The first-order chi connectivity index (χ1) is 10.6. The summed E-state index contributed by atoms with van der Waals surface area (Å²) in [7, 11) is 0. The fourth-order valence-corrected chi connectivity index (χ4v) is 4.83. The zero-order chi connectivity index (χ0) is 15.8. The molecule has 1 heterocycles. The first kappa shape index (κ1) is 15.8. The van der Waals surface area contributed by atoms with Crippen molar-refractivity contribution in [2.75, 3.05) is 19.8 Å². The summed E-state index contributed by atoms with van der Waals surface area (Å²) >= 11 is 0. The van der Waals surface area contributed by atoms with Crippen molar-refractivity contribution in [3.05, 3.63) is 0 Å². The fraction of sp³-hybridized carbons (Fsp3) is 0.882. The van der Waals surface area contributed by atoms with Gasteiger partial charge in [-0.05, 0) is 51.4 Å². The average molecular weight is 310 g/mol. The Morgan fingerprint density at radius 2 is 1.64 bits per heavy atom. The van der Waals surface area contributed by atoms with E-state index in [9.17, 15) is 9.59 Å². The third-order valence-corrected chi connectivity index (χ3v) is 5.79. The lowest BCUT2D eigenvalue weighted by atomic mass is 9.79. The van der Waals surface area contributed by atoms with Crippen LogP contribution in [-0.2, 0) is 23.8 Å². The molecule has 3 rings (SSSR count). The van der Waals surface area contributed by atoms with Gasteiger partial charge in [-0.3, -0.25) is 9.59 Å². The summed E-state index contributed by atoms with van der Waals surface area (Å²) in [4.78, 5) is 25.1. The summed E-state index contributed by atoms with van der Waals surface area (Å²) in [6.07, 6.45) is 5.49. The third-order valence-electron chi connectivity index (χ3n) is 5.79. The Kier molecular flexibility index (Phi) is 4.19. The molecule has 22 heavy (non-hydrogen) atoms. The highest BCUT2D eigenvalue weighted by Crippen LogP contribution is 2.59. The molecule has 1 aliphatic heterocycles. The molecule has 0 N–H and O–H groups in total. The van der Waals surface area contributed by atoms with E-state index in [0.29, 0.717) is 19.4 Å². The van der Waals surface area contributed by atoms with Crippen LogP contribution in [0, 0.1) is 17.3 Å². The molecule has 0 aromatic rings. The Morgan fingerprint density at radius 1 is 1.05 bits per heavy atom. The molecule has 124 valence electrons. The molecule has 2 aliphatic carbocycles. The SMILES string of the molecule is CCOC(=O)C1(C(=O)OCC)CC2COC3(CCCC3)C2C1. The summed E-state index contributed by atoms with van der Waals surface area (Å²) < 4.78 is 16.6. The lowest BCUT2D eigenvalue weighted by Gasteiger charge is -2.32. The first-order valence-electron chi connectivity index (χ1n) is 8.56. The molecule has 0 radical (unpaired) electrons. The maximum atomic E-state index is 12.6. The Labute approximate surface area is 131 Å². The van der Waals surface area contributed by atoms with E-state index in [-0.39, 0.29) is 30.7 Å². The highest BCUT2D eigenvalue weighted by atomic mass is 16.6. The van der Waals surface area contributed by atoms with Gasteiger partial charge in [0.25, 0.3) is 0 Å². The van der Waals surface area contributed by atoms with E-state index in [4.69, 9.17) is 14.2 Å². The number of carbonyl (C=O) groups is 2. The summed E-state index contributed by atoms with van der Waals surface area (Å²) in [5, 5.41) is 0. The standard InChI is InChI=1S/C17H26O5/c1-3-20-14(18)16(15(19)21-4-2)9-12-11-22-17(13(12)10-16)7-5-6-8-17/h12-13H,3-11H2,1-2H3. The highest BCUT2D eigenvalue weighted by Gasteiger charge is 2.65. The van der Waals surface area contributed by atoms with Gasteiger partial charge in [-0.15, -0.1) is 0 Å². The predicted octanol–water partition coefficient (Wildman–Crippen LogP) is 2.47. The molecule has 0 aromatic carbocycles. The summed E-state index contributed by atoms with van der Waals surface area (Å²) in [6.45, 7) is 4.78. The molecular weight excluding hydrogens is 284 g/mol. The van der Waals surface area contributed by atoms with E-state index >= 15 is 0 Å². The van der Waals surface area contributed by atoms with Crippen LogP contribution in [0.1, 0.15) is 52.4 Å². The Bertz CT molecular complexity index is 434. The van der Waals surface area contributed by atoms with Crippen LogP contribution >= 0.6 is 0 Å². The maximum Gasteiger partial charge on any atom is 0.323 e. The van der Waals surface area contributed by atoms with Crippen LogP contribution in [0.5, 0.6) is 0 Å². The number of rotatable bonds is 4. The highest BCUT2D eigenvalue weighted by molar-refractivity contribution is 6.00. The normalized spacial score (nSPS) is 31.2. The van der Waals surface area contributed by atoms with Crippen LogP contribution in [0.25, 0.3) is 0 Å². The molecule has 1 spiro atoms. The number of fused-ring (bicyclic) bond motifs is 2. The van der Waals surface area contributed by atoms with Crippen LogP contribution in [0.4, 0.5) is 0 Å². The van der Waals surface area contributed by atoms with Crippen molar-refractivity contribution in [1.82, 2.24) is 0 Å². The molecule has 2 saturated carbocycles. The van der Waals surface area contributed by atoms with Gasteiger partial charge in [-0.2, -0.15) is 0 Å². The van der Waals surface area contributed by atoms with Crippen LogP contribution in [0.2, 0.25) is 0 Å². The Morgan fingerprint density at radius 3 is 2.18 bits per heavy atom. The van der Waals surface area contributed by atoms with Crippen molar-refractivity contribution in [2.24, 2.45) is 17.3 Å². The smallest absolute Gasteiger partial charge is 0.323 e. The van der Waals surface area contributed by atoms with Crippen molar-refractivity contribution < 1.29 is 23.8 Å². The zero-order valence-electron chi connectivity index (χ0n) is 13.6. The van der Waals surface area contributed by atoms with Gasteiger partial charge >= 0.3 is 11.9 Å². The van der Waals surface area contributed by atoms with E-state index in [1.165, 1.54) is 12.8 Å². The van der Waals surface area contributed by atoms with Gasteiger partial charge in [-0.1, -0.05) is 12.8 Å². The summed E-state index contributed by atoms with van der Waals surface area (Å²) in [5.41, 5.74) is -1.22. The number of hydrogen-bond acceptors (Lipinski definition) is 5. The molecule has 2 atom stereocenters. The van der Waals surface area contributed by atoms with Gasteiger partial charge in [0.2, 0.25) is 0 Å². The Balaban J connectivity index is 1.86. The molecule has 3 fully saturated rings. The summed E-state index contributed by atoms with van der Waals surface area (Å²) in [6, 6.07) is 0. The minimum atomic E-state index is -1.11. The molecule has 5 nitrogen and oxygen atoms in total. The monoisotopic (exact) mass is 310 g/mol. The van der Waals surface area contributed by atoms with Gasteiger partial charge < -0.3 is 14.2 Å². The quantitative estimate of drug-likeness (QED) is 0.589. The number of esters is 2. The van der Waals surface area contributed by atoms with Gasteiger partial charge in [-0.25, -0.2) is 0 Å². The van der Waals surface area contributed by atoms with Crippen molar-refractivity contribution in [2.45, 2.75) is 58.0 Å². The largest absolute Gasteiger partial charge is 0.465 e. The second kappa shape index (κ2) is 5.84.